The Balaban J connectivity index is 3.58. The molecule has 0 atom stereocenters. The molecule has 14 heavy (non-hydrogen) atoms. The molecule has 84 valence electrons. The van der Waals surface area contributed by atoms with Crippen LogP contribution in [0.1, 0.15) is 46.0 Å². The topological polar surface area (TPSA) is 20.3 Å². The van der Waals surface area contributed by atoms with Gasteiger partial charge in [0.05, 0.1) is 0 Å². The first-order chi connectivity index (χ1) is 6.76. The summed E-state index contributed by atoms with van der Waals surface area (Å²) in [7, 11) is 0. The maximum absolute atomic E-state index is 11.6. The fourth-order valence-corrected chi connectivity index (χ4v) is 1.62. The first kappa shape index (κ1) is 13.8. The van der Waals surface area contributed by atoms with Gasteiger partial charge in [0.15, 0.2) is 0 Å². The summed E-state index contributed by atoms with van der Waals surface area (Å²) in [6, 6.07) is 0. The predicted octanol–water partition coefficient (Wildman–Crippen LogP) is 3.04. The maximum atomic E-state index is 11.6. The minimum absolute atomic E-state index is 0.295. The highest BCUT2D eigenvalue weighted by atomic mass is 35.5. The molecule has 0 spiro atoms. The number of halogens is 1. The first-order valence-corrected chi connectivity index (χ1v) is 6.13. The third-order valence-electron chi connectivity index (χ3n) is 2.25. The number of hydrogen-bond donors (Lipinski definition) is 0. The van der Waals surface area contributed by atoms with Crippen LogP contribution < -0.4 is 0 Å². The van der Waals surface area contributed by atoms with Gasteiger partial charge in [0, 0.05) is 25.4 Å². The number of hydrogen-bond acceptors (Lipinski definition) is 1. The number of alkyl halides is 1. The maximum Gasteiger partial charge on any atom is 0.222 e. The molecule has 0 aliphatic carbocycles. The van der Waals surface area contributed by atoms with Crippen molar-refractivity contribution in [3.05, 3.63) is 0 Å². The molecule has 0 radical (unpaired) electrons. The van der Waals surface area contributed by atoms with E-state index in [1.54, 1.807) is 0 Å². The van der Waals surface area contributed by atoms with Gasteiger partial charge in [0.1, 0.15) is 0 Å². The highest BCUT2D eigenvalue weighted by Gasteiger charge is 2.09. The van der Waals surface area contributed by atoms with E-state index in [1.165, 1.54) is 0 Å². The van der Waals surface area contributed by atoms with Crippen molar-refractivity contribution in [3.63, 3.8) is 0 Å². The van der Waals surface area contributed by atoms with Crippen LogP contribution in [0.5, 0.6) is 0 Å². The van der Waals surface area contributed by atoms with Crippen LogP contribution in [-0.2, 0) is 4.79 Å². The Morgan fingerprint density at radius 2 is 1.93 bits per heavy atom. The molecule has 0 bridgehead atoms. The van der Waals surface area contributed by atoms with E-state index in [-0.39, 0.29) is 0 Å². The summed E-state index contributed by atoms with van der Waals surface area (Å²) < 4.78 is 0. The van der Waals surface area contributed by atoms with Crippen LogP contribution in [0.3, 0.4) is 0 Å². The number of carbonyl (C=O) groups is 1. The van der Waals surface area contributed by atoms with Gasteiger partial charge in [-0.25, -0.2) is 0 Å². The second-order valence-corrected chi connectivity index (χ2v) is 3.85. The Morgan fingerprint density at radius 3 is 2.43 bits per heavy atom. The predicted molar refractivity (Wildman–Crippen MR) is 61.7 cm³/mol. The van der Waals surface area contributed by atoms with Crippen molar-refractivity contribution < 1.29 is 4.79 Å². The second kappa shape index (κ2) is 9.32. The van der Waals surface area contributed by atoms with Crippen LogP contribution >= 0.6 is 11.6 Å². The summed E-state index contributed by atoms with van der Waals surface area (Å²) in [6.07, 6.45) is 4.80. The van der Waals surface area contributed by atoms with Crippen molar-refractivity contribution >= 4 is 17.5 Å². The summed E-state index contributed by atoms with van der Waals surface area (Å²) in [6.45, 7) is 5.86. The van der Waals surface area contributed by atoms with Gasteiger partial charge in [0.25, 0.3) is 0 Å². The Hall–Kier alpha value is -0.240. The van der Waals surface area contributed by atoms with Crippen molar-refractivity contribution in [3.8, 4) is 0 Å². The lowest BCUT2D eigenvalue weighted by atomic mass is 10.2. The van der Waals surface area contributed by atoms with Gasteiger partial charge in [-0.1, -0.05) is 13.3 Å². The third-order valence-corrected chi connectivity index (χ3v) is 2.52. The van der Waals surface area contributed by atoms with E-state index in [9.17, 15) is 4.79 Å². The molecule has 0 rings (SSSR count). The normalized spacial score (nSPS) is 10.2. The monoisotopic (exact) mass is 219 g/mol. The largest absolute Gasteiger partial charge is 0.343 e. The van der Waals surface area contributed by atoms with Crippen molar-refractivity contribution in [1.82, 2.24) is 4.90 Å². The number of rotatable bonds is 8. The molecule has 0 saturated heterocycles. The summed E-state index contributed by atoms with van der Waals surface area (Å²) in [4.78, 5) is 13.6. The minimum Gasteiger partial charge on any atom is -0.343 e. The fourth-order valence-electron chi connectivity index (χ4n) is 1.43. The van der Waals surface area contributed by atoms with E-state index in [0.29, 0.717) is 18.2 Å². The number of amides is 1. The summed E-state index contributed by atoms with van der Waals surface area (Å²) in [5, 5.41) is 0. The van der Waals surface area contributed by atoms with Gasteiger partial charge in [-0.15, -0.1) is 11.6 Å². The summed E-state index contributed by atoms with van der Waals surface area (Å²) in [5.74, 6) is 1.00. The van der Waals surface area contributed by atoms with E-state index in [1.807, 2.05) is 11.8 Å². The molecule has 0 N–H and O–H groups in total. The number of unbranched alkanes of at least 4 members (excludes halogenated alkanes) is 2. The molecule has 0 saturated carbocycles. The SMILES string of the molecule is CCCN(CC)C(=O)CCCCCCl. The van der Waals surface area contributed by atoms with E-state index in [4.69, 9.17) is 11.6 Å². The molecular formula is C11H22ClNO. The second-order valence-electron chi connectivity index (χ2n) is 3.47. The van der Waals surface area contributed by atoms with Crippen molar-refractivity contribution in [2.75, 3.05) is 19.0 Å². The summed E-state index contributed by atoms with van der Waals surface area (Å²) in [5.41, 5.74) is 0. The van der Waals surface area contributed by atoms with Crippen molar-refractivity contribution in [1.29, 1.82) is 0 Å². The molecule has 0 aromatic rings. The van der Waals surface area contributed by atoms with Gasteiger partial charge in [-0.05, 0) is 26.2 Å². The average molecular weight is 220 g/mol. The summed E-state index contributed by atoms with van der Waals surface area (Å²) >= 11 is 5.56. The number of nitrogens with zero attached hydrogens (tertiary/aromatic N) is 1. The van der Waals surface area contributed by atoms with Crippen LogP contribution in [0.2, 0.25) is 0 Å². The van der Waals surface area contributed by atoms with Crippen molar-refractivity contribution in [2.45, 2.75) is 46.0 Å². The standard InChI is InChI=1S/C11H22ClNO/c1-3-10-13(4-2)11(14)8-6-5-7-9-12/h3-10H2,1-2H3. The number of carbonyl (C=O) groups excluding carboxylic acids is 1. The van der Waals surface area contributed by atoms with Crippen LogP contribution in [0, 0.1) is 0 Å². The molecule has 0 aliphatic heterocycles. The quantitative estimate of drug-likeness (QED) is 0.454. The molecule has 3 heteroatoms. The van der Waals surface area contributed by atoms with Crippen LogP contribution in [-0.4, -0.2) is 29.8 Å². The van der Waals surface area contributed by atoms with Crippen LogP contribution in [0.4, 0.5) is 0 Å². The molecule has 0 aromatic carbocycles. The Morgan fingerprint density at radius 1 is 1.21 bits per heavy atom. The Labute approximate surface area is 92.6 Å². The molecule has 1 amide bonds. The lowest BCUT2D eigenvalue weighted by Crippen LogP contribution is -2.31. The Bertz CT molecular complexity index is 150. The van der Waals surface area contributed by atoms with Gasteiger partial charge < -0.3 is 4.90 Å². The zero-order chi connectivity index (χ0) is 10.8. The fraction of sp³-hybridized carbons (Fsp3) is 0.909. The molecule has 0 aromatic heterocycles. The van der Waals surface area contributed by atoms with Crippen molar-refractivity contribution in [2.24, 2.45) is 0 Å². The average Bonchev–Trinajstić information content (AvgIpc) is 2.20. The highest BCUT2D eigenvalue weighted by Crippen LogP contribution is 2.04. The third kappa shape index (κ3) is 6.25. The lowest BCUT2D eigenvalue weighted by Gasteiger charge is -2.19. The van der Waals surface area contributed by atoms with E-state index < -0.39 is 0 Å². The molecule has 0 fully saturated rings. The lowest BCUT2D eigenvalue weighted by molar-refractivity contribution is -0.131. The molecule has 0 aliphatic rings. The van der Waals surface area contributed by atoms with Gasteiger partial charge in [-0.2, -0.15) is 0 Å². The highest BCUT2D eigenvalue weighted by molar-refractivity contribution is 6.17. The zero-order valence-electron chi connectivity index (χ0n) is 9.39. The van der Waals surface area contributed by atoms with Crippen LogP contribution in [0.25, 0.3) is 0 Å². The molecule has 0 heterocycles. The van der Waals surface area contributed by atoms with E-state index >= 15 is 0 Å². The smallest absolute Gasteiger partial charge is 0.222 e. The van der Waals surface area contributed by atoms with E-state index in [0.717, 1.165) is 38.8 Å². The first-order valence-electron chi connectivity index (χ1n) is 5.60. The minimum atomic E-state index is 0.295. The molecule has 2 nitrogen and oxygen atoms in total. The van der Waals surface area contributed by atoms with Gasteiger partial charge >= 0.3 is 0 Å². The molecule has 0 unspecified atom stereocenters. The van der Waals surface area contributed by atoms with Gasteiger partial charge in [0.2, 0.25) is 5.91 Å². The van der Waals surface area contributed by atoms with E-state index in [2.05, 4.69) is 6.92 Å². The van der Waals surface area contributed by atoms with Gasteiger partial charge in [-0.3, -0.25) is 4.79 Å². The Kier molecular flexibility index (Phi) is 9.16. The zero-order valence-corrected chi connectivity index (χ0v) is 10.1. The van der Waals surface area contributed by atoms with Crippen LogP contribution in [0.15, 0.2) is 0 Å². The molecular weight excluding hydrogens is 198 g/mol.